The van der Waals surface area contributed by atoms with Crippen molar-refractivity contribution in [2.75, 3.05) is 29.9 Å². The van der Waals surface area contributed by atoms with Gasteiger partial charge in [-0.1, -0.05) is 18.2 Å². The minimum Gasteiger partial charge on any atom is -0.436 e. The molecule has 0 unspecified atom stereocenters. The monoisotopic (exact) mass is 316 g/mol. The van der Waals surface area contributed by atoms with Gasteiger partial charge in [-0.25, -0.2) is 0 Å². The third-order valence-electron chi connectivity index (χ3n) is 3.75. The number of hydrogen-bond donors (Lipinski definition) is 1. The molecule has 0 aliphatic carbocycles. The van der Waals surface area contributed by atoms with Crippen molar-refractivity contribution in [1.82, 2.24) is 9.97 Å². The molecule has 5 nitrogen and oxygen atoms in total. The van der Waals surface area contributed by atoms with E-state index in [9.17, 15) is 4.39 Å². The topological polar surface area (TPSA) is 50.3 Å². The number of anilines is 2. The lowest BCUT2D eigenvalue weighted by molar-refractivity contribution is 0.420. The Morgan fingerprint density at radius 3 is 2.57 bits per heavy atom. The minimum absolute atomic E-state index is 0.0391. The van der Waals surface area contributed by atoms with Gasteiger partial charge >= 0.3 is 0 Å². The van der Waals surface area contributed by atoms with Gasteiger partial charge in [-0.05, 0) is 38.3 Å². The van der Waals surface area contributed by atoms with Crippen LogP contribution < -0.4 is 15.0 Å². The van der Waals surface area contributed by atoms with Crippen molar-refractivity contribution in [1.29, 1.82) is 0 Å². The third-order valence-corrected chi connectivity index (χ3v) is 3.75. The molecule has 2 heterocycles. The number of para-hydroxylation sites is 1. The quantitative estimate of drug-likeness (QED) is 0.908. The summed E-state index contributed by atoms with van der Waals surface area (Å²) in [5, 5.41) is 2.95. The number of ether oxygens (including phenoxy) is 1. The Balaban J connectivity index is 1.94. The summed E-state index contributed by atoms with van der Waals surface area (Å²) >= 11 is 0. The number of aromatic nitrogens is 2. The lowest BCUT2D eigenvalue weighted by Gasteiger charge is -2.27. The lowest BCUT2D eigenvalue weighted by atomic mass is 10.1. The van der Waals surface area contributed by atoms with Gasteiger partial charge in [-0.3, -0.25) is 0 Å². The van der Waals surface area contributed by atoms with Gasteiger partial charge in [0.25, 0.3) is 5.88 Å². The second kappa shape index (κ2) is 7.26. The molecule has 2 aromatic rings. The van der Waals surface area contributed by atoms with Crippen LogP contribution in [0.3, 0.4) is 0 Å². The molecule has 23 heavy (non-hydrogen) atoms. The normalized spacial score (nSPS) is 14.6. The van der Waals surface area contributed by atoms with Gasteiger partial charge in [0.1, 0.15) is 5.75 Å². The number of piperidine rings is 1. The number of nitrogens with zero attached hydrogens (tertiary/aromatic N) is 3. The van der Waals surface area contributed by atoms with E-state index in [4.69, 9.17) is 4.74 Å². The number of halogens is 1. The van der Waals surface area contributed by atoms with Crippen molar-refractivity contribution in [3.05, 3.63) is 36.1 Å². The van der Waals surface area contributed by atoms with E-state index in [0.29, 0.717) is 18.2 Å². The number of nitrogens with one attached hydrogen (secondary N) is 1. The van der Waals surface area contributed by atoms with Crippen LogP contribution in [0, 0.1) is 5.82 Å². The predicted molar refractivity (Wildman–Crippen MR) is 88.7 cm³/mol. The molecule has 0 amide bonds. The first-order valence-electron chi connectivity index (χ1n) is 8.07. The summed E-state index contributed by atoms with van der Waals surface area (Å²) in [6, 6.07) is 9.10. The highest BCUT2D eigenvalue weighted by molar-refractivity contribution is 5.48. The SMILES string of the molecule is CCNc1nc(N2CCCCC2)nc(Oc2ccccc2)c1F. The van der Waals surface area contributed by atoms with Crippen LogP contribution in [0.5, 0.6) is 11.6 Å². The molecule has 1 N–H and O–H groups in total. The first kappa shape index (κ1) is 15.5. The smallest absolute Gasteiger partial charge is 0.263 e. The van der Waals surface area contributed by atoms with Crippen molar-refractivity contribution < 1.29 is 9.13 Å². The molecule has 1 fully saturated rings. The Morgan fingerprint density at radius 2 is 1.87 bits per heavy atom. The van der Waals surface area contributed by atoms with Crippen LogP contribution in [-0.4, -0.2) is 29.6 Å². The van der Waals surface area contributed by atoms with Crippen LogP contribution in [0.2, 0.25) is 0 Å². The lowest BCUT2D eigenvalue weighted by Crippen LogP contribution is -2.31. The van der Waals surface area contributed by atoms with E-state index in [1.54, 1.807) is 12.1 Å². The average molecular weight is 316 g/mol. The zero-order valence-electron chi connectivity index (χ0n) is 13.3. The molecule has 122 valence electrons. The van der Waals surface area contributed by atoms with Gasteiger partial charge in [-0.15, -0.1) is 0 Å². The van der Waals surface area contributed by atoms with Crippen LogP contribution in [-0.2, 0) is 0 Å². The van der Waals surface area contributed by atoms with E-state index in [1.807, 2.05) is 25.1 Å². The predicted octanol–water partition coefficient (Wildman–Crippen LogP) is 3.83. The van der Waals surface area contributed by atoms with Crippen LogP contribution in [0.25, 0.3) is 0 Å². The molecular weight excluding hydrogens is 295 g/mol. The fourth-order valence-electron chi connectivity index (χ4n) is 2.60. The van der Waals surface area contributed by atoms with Crippen LogP contribution in [0.15, 0.2) is 30.3 Å². The highest BCUT2D eigenvalue weighted by atomic mass is 19.1. The molecule has 0 atom stereocenters. The Hall–Kier alpha value is -2.37. The first-order chi connectivity index (χ1) is 11.3. The summed E-state index contributed by atoms with van der Waals surface area (Å²) in [5.41, 5.74) is 0. The van der Waals surface area contributed by atoms with Crippen molar-refractivity contribution in [3.63, 3.8) is 0 Å². The fraction of sp³-hybridized carbons (Fsp3) is 0.412. The maximum Gasteiger partial charge on any atom is 0.263 e. The van der Waals surface area contributed by atoms with E-state index >= 15 is 0 Å². The summed E-state index contributed by atoms with van der Waals surface area (Å²) in [6.07, 6.45) is 3.42. The van der Waals surface area contributed by atoms with Gasteiger partial charge < -0.3 is 15.0 Å². The molecule has 1 aromatic heterocycles. The molecule has 0 bridgehead atoms. The molecule has 1 saturated heterocycles. The Kier molecular flexibility index (Phi) is 4.90. The second-order valence-electron chi connectivity index (χ2n) is 5.48. The van der Waals surface area contributed by atoms with Crippen molar-refractivity contribution >= 4 is 11.8 Å². The maximum absolute atomic E-state index is 14.6. The van der Waals surface area contributed by atoms with Crippen molar-refractivity contribution in [3.8, 4) is 11.6 Å². The second-order valence-corrected chi connectivity index (χ2v) is 5.48. The van der Waals surface area contributed by atoms with E-state index in [-0.39, 0.29) is 11.7 Å². The average Bonchev–Trinajstić information content (AvgIpc) is 2.60. The van der Waals surface area contributed by atoms with Gasteiger partial charge in [0.15, 0.2) is 5.82 Å². The molecule has 6 heteroatoms. The minimum atomic E-state index is -0.559. The molecular formula is C17H21FN4O. The van der Waals surface area contributed by atoms with Crippen LogP contribution >= 0.6 is 0 Å². The van der Waals surface area contributed by atoms with Crippen LogP contribution in [0.4, 0.5) is 16.2 Å². The van der Waals surface area contributed by atoms with Gasteiger partial charge in [0.05, 0.1) is 0 Å². The highest BCUT2D eigenvalue weighted by Gasteiger charge is 2.21. The molecule has 1 aromatic carbocycles. The van der Waals surface area contributed by atoms with Crippen molar-refractivity contribution in [2.45, 2.75) is 26.2 Å². The standard InChI is InChI=1S/C17H21FN4O/c1-2-19-15-14(18)16(23-13-9-5-3-6-10-13)21-17(20-15)22-11-7-4-8-12-22/h3,5-6,9-10H,2,4,7-8,11-12H2,1H3,(H,19,20,21). The highest BCUT2D eigenvalue weighted by Crippen LogP contribution is 2.29. The largest absolute Gasteiger partial charge is 0.436 e. The fourth-order valence-corrected chi connectivity index (χ4v) is 2.60. The summed E-state index contributed by atoms with van der Waals surface area (Å²) < 4.78 is 20.2. The van der Waals surface area contributed by atoms with E-state index in [1.165, 1.54) is 6.42 Å². The van der Waals surface area contributed by atoms with Gasteiger partial charge in [0, 0.05) is 19.6 Å². The Bertz CT molecular complexity index is 645. The Labute approximate surface area is 135 Å². The molecule has 3 rings (SSSR count). The summed E-state index contributed by atoms with van der Waals surface area (Å²) in [5.74, 6) is 0.665. The van der Waals surface area contributed by atoms with E-state index < -0.39 is 5.82 Å². The third kappa shape index (κ3) is 3.70. The molecule has 1 aliphatic heterocycles. The summed E-state index contributed by atoms with van der Waals surface area (Å²) in [4.78, 5) is 10.7. The van der Waals surface area contributed by atoms with Crippen LogP contribution in [0.1, 0.15) is 26.2 Å². The van der Waals surface area contributed by atoms with Gasteiger partial charge in [-0.2, -0.15) is 14.4 Å². The zero-order valence-corrected chi connectivity index (χ0v) is 13.3. The number of rotatable bonds is 5. The summed E-state index contributed by atoms with van der Waals surface area (Å²) in [7, 11) is 0. The summed E-state index contributed by atoms with van der Waals surface area (Å²) in [6.45, 7) is 4.27. The van der Waals surface area contributed by atoms with E-state index in [0.717, 1.165) is 25.9 Å². The van der Waals surface area contributed by atoms with E-state index in [2.05, 4.69) is 20.2 Å². The Morgan fingerprint density at radius 1 is 1.13 bits per heavy atom. The molecule has 1 aliphatic rings. The zero-order chi connectivity index (χ0) is 16.1. The number of hydrogen-bond acceptors (Lipinski definition) is 5. The maximum atomic E-state index is 14.6. The van der Waals surface area contributed by atoms with Crippen molar-refractivity contribution in [2.24, 2.45) is 0 Å². The molecule has 0 spiro atoms. The molecule has 0 saturated carbocycles. The molecule has 0 radical (unpaired) electrons. The van der Waals surface area contributed by atoms with Gasteiger partial charge in [0.2, 0.25) is 11.8 Å². The number of benzene rings is 1. The first-order valence-corrected chi connectivity index (χ1v) is 8.07.